The van der Waals surface area contributed by atoms with Gasteiger partial charge in [-0.2, -0.15) is 0 Å². The molecule has 1 spiro atoms. The van der Waals surface area contributed by atoms with Gasteiger partial charge < -0.3 is 19.9 Å². The number of carbonyl (C=O) groups excluding carboxylic acids is 2. The van der Waals surface area contributed by atoms with Crippen LogP contribution in [0.3, 0.4) is 0 Å². The average molecular weight is 418 g/mol. The summed E-state index contributed by atoms with van der Waals surface area (Å²) >= 11 is 0. The van der Waals surface area contributed by atoms with Gasteiger partial charge >= 0.3 is 0 Å². The Labute approximate surface area is 179 Å². The third-order valence-corrected chi connectivity index (χ3v) is 7.80. The average Bonchev–Trinajstić information content (AvgIpc) is 3.23. The van der Waals surface area contributed by atoms with Crippen LogP contribution in [0.2, 0.25) is 0 Å². The van der Waals surface area contributed by atoms with E-state index in [4.69, 9.17) is 9.47 Å². The molecule has 2 aliphatic heterocycles. The van der Waals surface area contributed by atoms with Crippen molar-refractivity contribution in [3.63, 3.8) is 0 Å². The number of fused-ring (bicyclic) bond motifs is 1. The van der Waals surface area contributed by atoms with Gasteiger partial charge in [-0.15, -0.1) is 0 Å². The lowest BCUT2D eigenvalue weighted by Gasteiger charge is -2.44. The Bertz CT molecular complexity index is 788. The van der Waals surface area contributed by atoms with Crippen LogP contribution in [0, 0.1) is 23.2 Å². The van der Waals surface area contributed by atoms with Gasteiger partial charge in [-0.05, 0) is 39.0 Å². The first-order valence-corrected chi connectivity index (χ1v) is 11.2. The molecule has 4 rings (SSSR count). The van der Waals surface area contributed by atoms with E-state index in [0.717, 1.165) is 24.8 Å². The summed E-state index contributed by atoms with van der Waals surface area (Å²) in [7, 11) is 1.60. The zero-order valence-corrected chi connectivity index (χ0v) is 18.7. The van der Waals surface area contributed by atoms with Crippen LogP contribution in [-0.2, 0) is 19.1 Å². The van der Waals surface area contributed by atoms with Crippen molar-refractivity contribution >= 4 is 11.7 Å². The lowest BCUT2D eigenvalue weighted by atomic mass is 9.55. The van der Waals surface area contributed by atoms with Crippen molar-refractivity contribution in [1.29, 1.82) is 0 Å². The predicted molar refractivity (Wildman–Crippen MR) is 113 cm³/mol. The minimum Gasteiger partial charge on any atom is -0.388 e. The summed E-state index contributed by atoms with van der Waals surface area (Å²) in [6, 6.07) is -0.118. The van der Waals surface area contributed by atoms with Gasteiger partial charge in [0.25, 0.3) is 0 Å². The number of Topliss-reactive ketones (excluding diaryl/α,β-unsaturated/α-hetero) is 1. The van der Waals surface area contributed by atoms with Gasteiger partial charge in [0.15, 0.2) is 5.78 Å². The van der Waals surface area contributed by atoms with Crippen LogP contribution in [0.5, 0.6) is 0 Å². The van der Waals surface area contributed by atoms with Crippen LogP contribution in [0.15, 0.2) is 23.8 Å². The molecular weight excluding hydrogens is 382 g/mol. The first-order chi connectivity index (χ1) is 14.2. The number of allylic oxidation sites excluding steroid dienone is 1. The first kappa shape index (κ1) is 21.7. The Morgan fingerprint density at radius 3 is 2.77 bits per heavy atom. The Morgan fingerprint density at radius 2 is 2.10 bits per heavy atom. The Balaban J connectivity index is 1.83. The number of ether oxygens (including phenoxy) is 2. The minimum absolute atomic E-state index is 0.0456. The molecule has 2 saturated heterocycles. The molecule has 6 heteroatoms. The number of epoxide rings is 1. The highest BCUT2D eigenvalue weighted by molar-refractivity contribution is 6.09. The molecule has 0 aromatic rings. The molecule has 0 bridgehead atoms. The monoisotopic (exact) mass is 417 g/mol. The summed E-state index contributed by atoms with van der Waals surface area (Å²) in [6.07, 6.45) is 7.02. The van der Waals surface area contributed by atoms with Crippen molar-refractivity contribution in [3.05, 3.63) is 23.8 Å². The van der Waals surface area contributed by atoms with Crippen LogP contribution >= 0.6 is 0 Å². The number of ketones is 1. The zero-order valence-electron chi connectivity index (χ0n) is 18.7. The summed E-state index contributed by atoms with van der Waals surface area (Å²) in [6.45, 7) is 8.18. The third-order valence-electron chi connectivity index (χ3n) is 7.80. The Kier molecular flexibility index (Phi) is 5.48. The van der Waals surface area contributed by atoms with E-state index in [2.05, 4.69) is 19.2 Å². The minimum atomic E-state index is -1.31. The standard InChI is InChI=1S/C24H35NO5/c1-13(2)10-16-21-14(3)11-17(26)15-8-6-7-9-19-23(4,30-19)20(29-5)12-18(27)24(15,21)22(28)25-16/h6,8,11,13,15-17,19-21,26H,7,9-10,12H2,1-5H3,(H,25,28)/b8-6+/t15-,16+,17+,19-,20-,21+,23-,24-/m1/s1. The van der Waals surface area contributed by atoms with Crippen LogP contribution in [0.25, 0.3) is 0 Å². The van der Waals surface area contributed by atoms with Gasteiger partial charge in [-0.25, -0.2) is 0 Å². The van der Waals surface area contributed by atoms with E-state index in [-0.39, 0.29) is 36.2 Å². The topological polar surface area (TPSA) is 88.2 Å². The van der Waals surface area contributed by atoms with E-state index >= 15 is 0 Å². The summed E-state index contributed by atoms with van der Waals surface area (Å²) < 4.78 is 11.7. The fourth-order valence-electron chi connectivity index (χ4n) is 6.31. The summed E-state index contributed by atoms with van der Waals surface area (Å²) in [5, 5.41) is 14.1. The molecule has 4 aliphatic rings. The molecule has 6 nitrogen and oxygen atoms in total. The van der Waals surface area contributed by atoms with Crippen LogP contribution < -0.4 is 5.32 Å². The molecule has 0 aromatic heterocycles. The molecule has 2 heterocycles. The van der Waals surface area contributed by atoms with Crippen molar-refractivity contribution in [1.82, 2.24) is 5.32 Å². The number of aliphatic hydroxyl groups excluding tert-OH is 1. The molecule has 2 N–H and O–H groups in total. The smallest absolute Gasteiger partial charge is 0.235 e. The molecule has 166 valence electrons. The number of hydrogen-bond acceptors (Lipinski definition) is 5. The number of nitrogens with one attached hydrogen (secondary N) is 1. The van der Waals surface area contributed by atoms with Crippen LogP contribution in [0.4, 0.5) is 0 Å². The van der Waals surface area contributed by atoms with Crippen molar-refractivity contribution < 1.29 is 24.2 Å². The quantitative estimate of drug-likeness (QED) is 0.419. The molecule has 0 radical (unpaired) electrons. The number of aliphatic hydroxyl groups is 1. The molecule has 0 unspecified atom stereocenters. The SMILES string of the molecule is CO[C@@H]1CC(=O)[C@@]23C(=O)N[C@@H](CC(C)C)[C@@H]2C(C)=C[C@H](O)[C@H]3/C=C/CC[C@H]2O[C@@]12C. The fraction of sp³-hybridized carbons (Fsp3) is 0.750. The van der Waals surface area contributed by atoms with Crippen molar-refractivity contribution in [2.45, 2.75) is 83.3 Å². The molecule has 2 fully saturated rings. The number of carbonyl (C=O) groups is 2. The van der Waals surface area contributed by atoms with Crippen LogP contribution in [-0.4, -0.2) is 53.9 Å². The summed E-state index contributed by atoms with van der Waals surface area (Å²) in [5.41, 5.74) is -0.898. The van der Waals surface area contributed by atoms with Gasteiger partial charge in [0.1, 0.15) is 11.0 Å². The maximum absolute atomic E-state index is 14.0. The summed E-state index contributed by atoms with van der Waals surface area (Å²) in [5.74, 6) is -0.863. The molecule has 1 amide bonds. The van der Waals surface area contributed by atoms with Gasteiger partial charge in [0, 0.05) is 31.4 Å². The third kappa shape index (κ3) is 3.10. The maximum Gasteiger partial charge on any atom is 0.235 e. The highest BCUT2D eigenvalue weighted by Crippen LogP contribution is 2.55. The number of methoxy groups -OCH3 is 1. The lowest BCUT2D eigenvalue weighted by molar-refractivity contribution is -0.149. The Morgan fingerprint density at radius 1 is 1.37 bits per heavy atom. The van der Waals surface area contributed by atoms with Gasteiger partial charge in [0.2, 0.25) is 5.91 Å². The zero-order chi connectivity index (χ0) is 21.8. The van der Waals surface area contributed by atoms with Crippen LogP contribution in [0.1, 0.15) is 53.4 Å². The van der Waals surface area contributed by atoms with Gasteiger partial charge in [-0.3, -0.25) is 9.59 Å². The van der Waals surface area contributed by atoms with E-state index in [1.54, 1.807) is 7.11 Å². The van der Waals surface area contributed by atoms with E-state index in [0.29, 0.717) is 5.92 Å². The predicted octanol–water partition coefficient (Wildman–Crippen LogP) is 2.55. The maximum atomic E-state index is 14.0. The van der Waals surface area contributed by atoms with Crippen molar-refractivity contribution in [2.75, 3.05) is 7.11 Å². The highest BCUT2D eigenvalue weighted by atomic mass is 16.6. The van der Waals surface area contributed by atoms with Crippen molar-refractivity contribution in [2.24, 2.45) is 23.2 Å². The van der Waals surface area contributed by atoms with Gasteiger partial charge in [0.05, 0.1) is 18.3 Å². The highest BCUT2D eigenvalue weighted by Gasteiger charge is 2.67. The molecule has 8 atom stereocenters. The first-order valence-electron chi connectivity index (χ1n) is 11.2. The van der Waals surface area contributed by atoms with E-state index in [1.165, 1.54) is 0 Å². The Hall–Kier alpha value is -1.50. The van der Waals surface area contributed by atoms with Crippen molar-refractivity contribution in [3.8, 4) is 0 Å². The summed E-state index contributed by atoms with van der Waals surface area (Å²) in [4.78, 5) is 27.6. The second kappa shape index (κ2) is 7.57. The molecular formula is C24H35NO5. The van der Waals surface area contributed by atoms with Gasteiger partial charge in [-0.1, -0.05) is 37.6 Å². The molecule has 0 saturated carbocycles. The fourth-order valence-corrected chi connectivity index (χ4v) is 6.31. The second-order valence-electron chi connectivity index (χ2n) is 10.1. The van der Waals surface area contributed by atoms with E-state index in [1.807, 2.05) is 32.1 Å². The molecule has 2 aliphatic carbocycles. The molecule has 0 aromatic carbocycles. The van der Waals surface area contributed by atoms with E-state index < -0.39 is 29.1 Å². The lowest BCUT2D eigenvalue weighted by Crippen LogP contribution is -2.55. The van der Waals surface area contributed by atoms with E-state index in [9.17, 15) is 14.7 Å². The number of amides is 1. The second-order valence-corrected chi connectivity index (χ2v) is 10.1. The number of hydrogen-bond donors (Lipinski definition) is 2. The normalized spacial score (nSPS) is 46.8. The largest absolute Gasteiger partial charge is 0.388 e. The molecule has 30 heavy (non-hydrogen) atoms. The number of rotatable bonds is 3.